The van der Waals surface area contributed by atoms with Crippen molar-refractivity contribution in [3.8, 4) is 0 Å². The van der Waals surface area contributed by atoms with Crippen LogP contribution in [0.25, 0.3) is 0 Å². The Labute approximate surface area is 69.2 Å². The van der Waals surface area contributed by atoms with Gasteiger partial charge in [-0.3, -0.25) is 4.90 Å². The molecule has 0 amide bonds. The predicted molar refractivity (Wildman–Crippen MR) is 46.7 cm³/mol. The monoisotopic (exact) mass is 154 g/mol. The zero-order valence-electron chi connectivity index (χ0n) is 7.42. The topological polar surface area (TPSA) is 6.48 Å². The van der Waals surface area contributed by atoms with Gasteiger partial charge in [-0.1, -0.05) is 6.42 Å². The lowest BCUT2D eigenvalue weighted by Crippen LogP contribution is -2.58. The summed E-state index contributed by atoms with van der Waals surface area (Å²) in [5, 5.41) is 0. The molecule has 64 valence electrons. The highest BCUT2D eigenvalue weighted by molar-refractivity contribution is 4.86. The van der Waals surface area contributed by atoms with E-state index in [1.807, 2.05) is 0 Å². The standard InChI is InChI=1S/C9H18N2/c1-10-7-9(8-10)11-5-3-2-4-6-11/h9H,2-8H2,1H3. The van der Waals surface area contributed by atoms with Crippen molar-refractivity contribution in [1.82, 2.24) is 9.80 Å². The number of hydrogen-bond acceptors (Lipinski definition) is 2. The molecule has 0 spiro atoms. The summed E-state index contributed by atoms with van der Waals surface area (Å²) in [5.41, 5.74) is 0. The van der Waals surface area contributed by atoms with Gasteiger partial charge >= 0.3 is 0 Å². The lowest BCUT2D eigenvalue weighted by Gasteiger charge is -2.45. The summed E-state index contributed by atoms with van der Waals surface area (Å²) in [6.07, 6.45) is 4.32. The third kappa shape index (κ3) is 1.57. The van der Waals surface area contributed by atoms with Gasteiger partial charge in [0, 0.05) is 19.1 Å². The quantitative estimate of drug-likeness (QED) is 0.551. The maximum absolute atomic E-state index is 2.67. The van der Waals surface area contributed by atoms with Gasteiger partial charge in [-0.05, 0) is 33.0 Å². The highest BCUT2D eigenvalue weighted by Crippen LogP contribution is 2.17. The lowest BCUT2D eigenvalue weighted by atomic mass is 10.0. The minimum absolute atomic E-state index is 0.903. The highest BCUT2D eigenvalue weighted by Gasteiger charge is 2.29. The zero-order chi connectivity index (χ0) is 7.68. The van der Waals surface area contributed by atoms with Gasteiger partial charge in [-0.25, -0.2) is 0 Å². The molecule has 0 N–H and O–H groups in total. The van der Waals surface area contributed by atoms with Crippen LogP contribution in [0.5, 0.6) is 0 Å². The molecule has 2 fully saturated rings. The number of piperidine rings is 1. The summed E-state index contributed by atoms with van der Waals surface area (Å²) in [6, 6.07) is 0.903. The Balaban J connectivity index is 1.76. The Morgan fingerprint density at radius 2 is 1.64 bits per heavy atom. The maximum Gasteiger partial charge on any atom is 0.0350 e. The molecule has 11 heavy (non-hydrogen) atoms. The van der Waals surface area contributed by atoms with E-state index in [2.05, 4.69) is 16.8 Å². The van der Waals surface area contributed by atoms with E-state index in [0.717, 1.165) is 6.04 Å². The molecule has 2 heterocycles. The third-order valence-electron chi connectivity index (χ3n) is 2.95. The van der Waals surface area contributed by atoms with Crippen LogP contribution in [0.4, 0.5) is 0 Å². The van der Waals surface area contributed by atoms with E-state index in [0.29, 0.717) is 0 Å². The van der Waals surface area contributed by atoms with Gasteiger partial charge in [0.1, 0.15) is 0 Å². The van der Waals surface area contributed by atoms with E-state index in [9.17, 15) is 0 Å². The number of likely N-dealkylation sites (tertiary alicyclic amines) is 2. The van der Waals surface area contributed by atoms with Crippen LogP contribution in [0.15, 0.2) is 0 Å². The van der Waals surface area contributed by atoms with Crippen LogP contribution in [0, 0.1) is 0 Å². The van der Waals surface area contributed by atoms with Gasteiger partial charge in [-0.2, -0.15) is 0 Å². The number of likely N-dealkylation sites (N-methyl/N-ethyl adjacent to an activating group) is 1. The minimum Gasteiger partial charge on any atom is -0.303 e. The molecule has 0 aliphatic carbocycles. The van der Waals surface area contributed by atoms with Crippen molar-refractivity contribution in [3.63, 3.8) is 0 Å². The first-order chi connectivity index (χ1) is 5.36. The Bertz CT molecular complexity index is 124. The Morgan fingerprint density at radius 3 is 2.18 bits per heavy atom. The molecular weight excluding hydrogens is 136 g/mol. The van der Waals surface area contributed by atoms with Crippen LogP contribution >= 0.6 is 0 Å². The summed E-state index contributed by atoms with van der Waals surface area (Å²) in [7, 11) is 2.21. The molecule has 0 aromatic heterocycles. The Hall–Kier alpha value is -0.0800. The van der Waals surface area contributed by atoms with Gasteiger partial charge in [0.05, 0.1) is 0 Å². The summed E-state index contributed by atoms with van der Waals surface area (Å²) in [4.78, 5) is 5.07. The molecule has 2 rings (SSSR count). The molecule has 0 unspecified atom stereocenters. The van der Waals surface area contributed by atoms with Gasteiger partial charge < -0.3 is 4.90 Å². The first-order valence-corrected chi connectivity index (χ1v) is 4.79. The van der Waals surface area contributed by atoms with Crippen molar-refractivity contribution in [3.05, 3.63) is 0 Å². The number of rotatable bonds is 1. The van der Waals surface area contributed by atoms with E-state index in [-0.39, 0.29) is 0 Å². The van der Waals surface area contributed by atoms with Gasteiger partial charge in [0.25, 0.3) is 0 Å². The van der Waals surface area contributed by atoms with E-state index in [1.165, 1.54) is 45.4 Å². The fraction of sp³-hybridized carbons (Fsp3) is 1.00. The smallest absolute Gasteiger partial charge is 0.0350 e. The van der Waals surface area contributed by atoms with Crippen LogP contribution < -0.4 is 0 Å². The van der Waals surface area contributed by atoms with Crippen molar-refractivity contribution < 1.29 is 0 Å². The van der Waals surface area contributed by atoms with Crippen molar-refractivity contribution in [2.24, 2.45) is 0 Å². The molecule has 2 saturated heterocycles. The summed E-state index contributed by atoms with van der Waals surface area (Å²) in [5.74, 6) is 0. The number of nitrogens with zero attached hydrogens (tertiary/aromatic N) is 2. The second kappa shape index (κ2) is 3.11. The SMILES string of the molecule is CN1CC(N2CCCCC2)C1. The molecule has 0 atom stereocenters. The van der Waals surface area contributed by atoms with E-state index >= 15 is 0 Å². The van der Waals surface area contributed by atoms with E-state index in [4.69, 9.17) is 0 Å². The van der Waals surface area contributed by atoms with Gasteiger partial charge in [-0.15, -0.1) is 0 Å². The third-order valence-corrected chi connectivity index (χ3v) is 2.95. The first-order valence-electron chi connectivity index (χ1n) is 4.79. The van der Waals surface area contributed by atoms with Crippen LogP contribution in [0.2, 0.25) is 0 Å². The molecule has 2 heteroatoms. The van der Waals surface area contributed by atoms with Crippen molar-refractivity contribution in [1.29, 1.82) is 0 Å². The van der Waals surface area contributed by atoms with Crippen LogP contribution in [-0.2, 0) is 0 Å². The Morgan fingerprint density at radius 1 is 1.00 bits per heavy atom. The fourth-order valence-electron chi connectivity index (χ4n) is 2.18. The molecule has 2 aliphatic heterocycles. The Kier molecular flexibility index (Phi) is 2.14. The zero-order valence-corrected chi connectivity index (χ0v) is 7.42. The van der Waals surface area contributed by atoms with Crippen molar-refractivity contribution in [2.45, 2.75) is 25.3 Å². The largest absolute Gasteiger partial charge is 0.303 e. The molecular formula is C9H18N2. The van der Waals surface area contributed by atoms with Crippen LogP contribution in [0.3, 0.4) is 0 Å². The molecule has 0 bridgehead atoms. The molecule has 0 radical (unpaired) electrons. The summed E-state index contributed by atoms with van der Waals surface area (Å²) in [6.45, 7) is 5.33. The van der Waals surface area contributed by atoms with Crippen LogP contribution in [0.1, 0.15) is 19.3 Å². The van der Waals surface area contributed by atoms with E-state index < -0.39 is 0 Å². The second-order valence-corrected chi connectivity index (χ2v) is 3.97. The summed E-state index contributed by atoms with van der Waals surface area (Å²) < 4.78 is 0. The second-order valence-electron chi connectivity index (χ2n) is 3.97. The van der Waals surface area contributed by atoms with Gasteiger partial charge in [0.2, 0.25) is 0 Å². The maximum atomic E-state index is 2.67. The lowest BCUT2D eigenvalue weighted by molar-refractivity contribution is 0.0401. The van der Waals surface area contributed by atoms with Crippen LogP contribution in [-0.4, -0.2) is 49.1 Å². The van der Waals surface area contributed by atoms with E-state index in [1.54, 1.807) is 0 Å². The summed E-state index contributed by atoms with van der Waals surface area (Å²) >= 11 is 0. The molecule has 2 aliphatic rings. The highest BCUT2D eigenvalue weighted by atomic mass is 15.3. The average molecular weight is 154 g/mol. The fourth-order valence-corrected chi connectivity index (χ4v) is 2.18. The van der Waals surface area contributed by atoms with Gasteiger partial charge in [0.15, 0.2) is 0 Å². The number of hydrogen-bond donors (Lipinski definition) is 0. The first kappa shape index (κ1) is 7.56. The molecule has 0 aromatic carbocycles. The normalized spacial score (nSPS) is 30.3. The molecule has 0 saturated carbocycles. The minimum atomic E-state index is 0.903. The predicted octanol–water partition coefficient (Wildman–Crippen LogP) is 0.786. The van der Waals surface area contributed by atoms with Crippen molar-refractivity contribution in [2.75, 3.05) is 33.2 Å². The molecule has 0 aromatic rings. The van der Waals surface area contributed by atoms with Crippen molar-refractivity contribution >= 4 is 0 Å². The molecule has 2 nitrogen and oxygen atoms in total. The average Bonchev–Trinajstić information content (AvgIpc) is 2.01.